The third-order valence-corrected chi connectivity index (χ3v) is 2.78. The van der Waals surface area contributed by atoms with Crippen LogP contribution in [0.4, 0.5) is 11.1 Å². The van der Waals surface area contributed by atoms with Gasteiger partial charge in [0.15, 0.2) is 5.13 Å². The molecular weight excluding hydrogens is 208 g/mol. The van der Waals surface area contributed by atoms with Gasteiger partial charge in [0.1, 0.15) is 0 Å². The van der Waals surface area contributed by atoms with Crippen molar-refractivity contribution in [2.45, 2.75) is 0 Å². The van der Waals surface area contributed by atoms with Crippen molar-refractivity contribution in [2.24, 2.45) is 0 Å². The van der Waals surface area contributed by atoms with Gasteiger partial charge in [-0.05, 0) is 12.1 Å². The molecule has 3 rings (SSSR count). The maximum atomic E-state index is 4.29. The lowest BCUT2D eigenvalue weighted by Gasteiger charge is -2.00. The highest BCUT2D eigenvalue weighted by atomic mass is 32.1. The van der Waals surface area contributed by atoms with Crippen LogP contribution in [0.5, 0.6) is 0 Å². The number of nitrogens with one attached hydrogen (secondary N) is 1. The predicted molar refractivity (Wildman–Crippen MR) is 60.6 cm³/mol. The van der Waals surface area contributed by atoms with Gasteiger partial charge in [-0.3, -0.25) is 4.40 Å². The number of imidazole rings is 1. The van der Waals surface area contributed by atoms with Crippen molar-refractivity contribution >= 4 is 27.9 Å². The van der Waals surface area contributed by atoms with E-state index in [1.807, 2.05) is 40.4 Å². The Bertz CT molecular complexity index is 570. The molecule has 0 aliphatic carbocycles. The van der Waals surface area contributed by atoms with Crippen LogP contribution in [0.3, 0.4) is 0 Å². The monoisotopic (exact) mass is 216 g/mol. The molecule has 0 spiro atoms. The molecule has 3 heterocycles. The smallest absolute Gasteiger partial charge is 0.213 e. The van der Waals surface area contributed by atoms with Gasteiger partial charge in [0.25, 0.3) is 0 Å². The molecule has 0 aliphatic rings. The number of aromatic nitrogens is 3. The number of nitrogens with zero attached hydrogens (tertiary/aromatic N) is 3. The first-order valence-corrected chi connectivity index (χ1v) is 5.40. The van der Waals surface area contributed by atoms with Gasteiger partial charge in [0.05, 0.1) is 11.7 Å². The van der Waals surface area contributed by atoms with Crippen molar-refractivity contribution in [3.8, 4) is 0 Å². The van der Waals surface area contributed by atoms with E-state index in [2.05, 4.69) is 15.3 Å². The molecule has 0 fully saturated rings. The lowest BCUT2D eigenvalue weighted by molar-refractivity contribution is 1.15. The number of thiazole rings is 1. The second-order valence-corrected chi connectivity index (χ2v) is 3.93. The van der Waals surface area contributed by atoms with Gasteiger partial charge in [0, 0.05) is 17.8 Å². The van der Waals surface area contributed by atoms with E-state index >= 15 is 0 Å². The molecule has 15 heavy (non-hydrogen) atoms. The Morgan fingerprint density at radius 1 is 1.27 bits per heavy atom. The summed E-state index contributed by atoms with van der Waals surface area (Å²) in [6.07, 6.45) is 5.57. The Labute approximate surface area is 90.2 Å². The van der Waals surface area contributed by atoms with Gasteiger partial charge in [-0.1, -0.05) is 6.07 Å². The molecule has 4 nitrogen and oxygen atoms in total. The molecule has 0 aliphatic heterocycles. The first kappa shape index (κ1) is 8.43. The van der Waals surface area contributed by atoms with E-state index < -0.39 is 0 Å². The molecule has 5 heteroatoms. The van der Waals surface area contributed by atoms with E-state index in [1.54, 1.807) is 17.5 Å². The molecule has 74 valence electrons. The van der Waals surface area contributed by atoms with Gasteiger partial charge < -0.3 is 5.32 Å². The molecule has 0 aromatic carbocycles. The number of anilines is 2. The average molecular weight is 216 g/mol. The predicted octanol–water partition coefficient (Wildman–Crippen LogP) is 2.53. The number of rotatable bonds is 2. The van der Waals surface area contributed by atoms with Crippen molar-refractivity contribution in [3.63, 3.8) is 0 Å². The lowest BCUT2D eigenvalue weighted by Crippen LogP contribution is -1.95. The van der Waals surface area contributed by atoms with Crippen LogP contribution in [-0.4, -0.2) is 14.4 Å². The highest BCUT2D eigenvalue weighted by Gasteiger charge is 2.03. The third kappa shape index (κ3) is 1.46. The summed E-state index contributed by atoms with van der Waals surface area (Å²) in [5.41, 5.74) is 1.07. The SMILES string of the molecule is c1ccn2c(Nc3nccs3)ncc2c1. The number of pyridine rings is 1. The maximum Gasteiger partial charge on any atom is 0.213 e. The van der Waals surface area contributed by atoms with Crippen molar-refractivity contribution in [1.29, 1.82) is 0 Å². The average Bonchev–Trinajstić information content (AvgIpc) is 2.89. The Morgan fingerprint density at radius 3 is 3.13 bits per heavy atom. The molecule has 0 radical (unpaired) electrons. The highest BCUT2D eigenvalue weighted by Crippen LogP contribution is 2.18. The normalized spacial score (nSPS) is 10.7. The summed E-state index contributed by atoms with van der Waals surface area (Å²) in [6, 6.07) is 5.98. The summed E-state index contributed by atoms with van der Waals surface area (Å²) in [6.45, 7) is 0. The van der Waals surface area contributed by atoms with Gasteiger partial charge in [-0.2, -0.15) is 0 Å². The summed E-state index contributed by atoms with van der Waals surface area (Å²) < 4.78 is 1.99. The van der Waals surface area contributed by atoms with Crippen LogP contribution in [0, 0.1) is 0 Å². The van der Waals surface area contributed by atoms with E-state index in [0.29, 0.717) is 0 Å². The minimum absolute atomic E-state index is 0.792. The molecule has 3 aromatic rings. The van der Waals surface area contributed by atoms with Crippen molar-refractivity contribution < 1.29 is 0 Å². The Kier molecular flexibility index (Phi) is 1.89. The zero-order valence-corrected chi connectivity index (χ0v) is 8.61. The fraction of sp³-hybridized carbons (Fsp3) is 0. The van der Waals surface area contributed by atoms with E-state index in [0.717, 1.165) is 16.6 Å². The minimum Gasteiger partial charge on any atom is -0.301 e. The standard InChI is InChI=1S/C10H8N4S/c1-2-5-14-8(3-1)7-12-9(14)13-10-11-4-6-15-10/h1-7H,(H,11,12,13). The Morgan fingerprint density at radius 2 is 2.27 bits per heavy atom. The maximum absolute atomic E-state index is 4.29. The Balaban J connectivity index is 2.05. The fourth-order valence-corrected chi connectivity index (χ4v) is 1.94. The largest absolute Gasteiger partial charge is 0.301 e. The summed E-state index contributed by atoms with van der Waals surface area (Å²) in [4.78, 5) is 8.44. The Hall–Kier alpha value is -1.88. The van der Waals surface area contributed by atoms with Gasteiger partial charge in [-0.15, -0.1) is 11.3 Å². The van der Waals surface area contributed by atoms with Crippen molar-refractivity contribution in [1.82, 2.24) is 14.4 Å². The first-order chi connectivity index (χ1) is 7.43. The van der Waals surface area contributed by atoms with Crippen LogP contribution >= 0.6 is 11.3 Å². The number of hydrogen-bond acceptors (Lipinski definition) is 4. The second-order valence-electron chi connectivity index (χ2n) is 3.04. The molecule has 0 amide bonds. The molecule has 1 N–H and O–H groups in total. The first-order valence-electron chi connectivity index (χ1n) is 4.52. The van der Waals surface area contributed by atoms with E-state index in [9.17, 15) is 0 Å². The van der Waals surface area contributed by atoms with Crippen LogP contribution in [0.15, 0.2) is 42.2 Å². The number of fused-ring (bicyclic) bond motifs is 1. The second kappa shape index (κ2) is 3.36. The van der Waals surface area contributed by atoms with Crippen LogP contribution in [0.25, 0.3) is 5.52 Å². The summed E-state index contributed by atoms with van der Waals surface area (Å²) in [7, 11) is 0. The quantitative estimate of drug-likeness (QED) is 0.715. The van der Waals surface area contributed by atoms with Gasteiger partial charge >= 0.3 is 0 Å². The molecule has 0 unspecified atom stereocenters. The molecule has 0 atom stereocenters. The number of hydrogen-bond donors (Lipinski definition) is 1. The van der Waals surface area contributed by atoms with E-state index in [-0.39, 0.29) is 0 Å². The molecule has 0 saturated heterocycles. The van der Waals surface area contributed by atoms with Crippen LogP contribution in [0.2, 0.25) is 0 Å². The fourth-order valence-electron chi connectivity index (χ4n) is 1.42. The van der Waals surface area contributed by atoms with Crippen molar-refractivity contribution in [2.75, 3.05) is 5.32 Å². The summed E-state index contributed by atoms with van der Waals surface area (Å²) in [5.74, 6) is 0.792. The van der Waals surface area contributed by atoms with Gasteiger partial charge in [0.2, 0.25) is 5.95 Å². The zero-order chi connectivity index (χ0) is 10.1. The van der Waals surface area contributed by atoms with E-state index in [1.165, 1.54) is 0 Å². The van der Waals surface area contributed by atoms with Gasteiger partial charge in [-0.25, -0.2) is 9.97 Å². The van der Waals surface area contributed by atoms with Crippen LogP contribution < -0.4 is 5.32 Å². The zero-order valence-electron chi connectivity index (χ0n) is 7.79. The third-order valence-electron chi connectivity index (χ3n) is 2.09. The van der Waals surface area contributed by atoms with Crippen molar-refractivity contribution in [3.05, 3.63) is 42.2 Å². The molecule has 0 saturated carbocycles. The minimum atomic E-state index is 0.792. The van der Waals surface area contributed by atoms with Crippen LogP contribution in [-0.2, 0) is 0 Å². The lowest BCUT2D eigenvalue weighted by atomic mass is 10.4. The topological polar surface area (TPSA) is 42.2 Å². The van der Waals surface area contributed by atoms with E-state index in [4.69, 9.17) is 0 Å². The molecule has 0 bridgehead atoms. The molecular formula is C10H8N4S. The molecule has 3 aromatic heterocycles. The highest BCUT2D eigenvalue weighted by molar-refractivity contribution is 7.13. The van der Waals surface area contributed by atoms with Crippen LogP contribution in [0.1, 0.15) is 0 Å². The summed E-state index contributed by atoms with van der Waals surface area (Å²) >= 11 is 1.55. The summed E-state index contributed by atoms with van der Waals surface area (Å²) in [5, 5.41) is 5.95.